The lowest BCUT2D eigenvalue weighted by molar-refractivity contribution is -0.112. The average molecular weight is 307 g/mol. The monoisotopic (exact) mass is 307 g/mol. The quantitative estimate of drug-likeness (QED) is 0.946. The minimum atomic E-state index is -1.01. The van der Waals surface area contributed by atoms with Gasteiger partial charge in [-0.2, -0.15) is 10.1 Å². The summed E-state index contributed by atoms with van der Waals surface area (Å²) < 4.78 is 0. The van der Waals surface area contributed by atoms with Gasteiger partial charge in [0.05, 0.1) is 22.6 Å². The number of rotatable bonds is 3. The Labute approximate surface area is 132 Å². The number of carbonyl (C=O) groups is 2. The van der Waals surface area contributed by atoms with Gasteiger partial charge in [0.1, 0.15) is 0 Å². The number of nitrogens with zero attached hydrogens (tertiary/aromatic N) is 3. The molecule has 0 aromatic heterocycles. The van der Waals surface area contributed by atoms with Crippen molar-refractivity contribution in [3.8, 4) is 0 Å². The van der Waals surface area contributed by atoms with Crippen LogP contribution in [0.15, 0.2) is 64.7 Å². The molecule has 1 aliphatic rings. The number of hydrogen-bond acceptors (Lipinski definition) is 4. The predicted octanol–water partition coefficient (Wildman–Crippen LogP) is 2.88. The molecular formula is C17H13N3O3. The van der Waals surface area contributed by atoms with E-state index in [-0.39, 0.29) is 17.2 Å². The van der Waals surface area contributed by atoms with Gasteiger partial charge in [0.2, 0.25) is 0 Å². The molecule has 0 unspecified atom stereocenters. The Balaban J connectivity index is 1.90. The van der Waals surface area contributed by atoms with E-state index in [4.69, 9.17) is 5.11 Å². The highest BCUT2D eigenvalue weighted by Gasteiger charge is 2.30. The van der Waals surface area contributed by atoms with Gasteiger partial charge < -0.3 is 5.11 Å². The molecule has 2 aromatic rings. The number of carbonyl (C=O) groups excluding carboxylic acids is 1. The molecule has 6 heteroatoms. The van der Waals surface area contributed by atoms with Gasteiger partial charge in [-0.15, -0.1) is 0 Å². The molecule has 1 aliphatic heterocycles. The molecule has 0 fully saturated rings. The van der Waals surface area contributed by atoms with Crippen molar-refractivity contribution < 1.29 is 14.7 Å². The standard InChI is InChI=1S/C17H13N3O3/c1-11-15(18-13-9-7-12(8-10-13)17(22)23)16(21)20(19-11)14-5-3-2-4-6-14/h2-10H,1H3,(H,22,23). The van der Waals surface area contributed by atoms with E-state index in [9.17, 15) is 9.59 Å². The third kappa shape index (κ3) is 2.87. The van der Waals surface area contributed by atoms with Gasteiger partial charge in [0.15, 0.2) is 5.71 Å². The third-order valence-electron chi connectivity index (χ3n) is 3.34. The second-order valence-corrected chi connectivity index (χ2v) is 4.95. The van der Waals surface area contributed by atoms with Crippen LogP contribution in [0.5, 0.6) is 0 Å². The number of benzene rings is 2. The van der Waals surface area contributed by atoms with Gasteiger partial charge >= 0.3 is 5.97 Å². The summed E-state index contributed by atoms with van der Waals surface area (Å²) in [5, 5.41) is 14.4. The van der Waals surface area contributed by atoms with Crippen molar-refractivity contribution in [3.63, 3.8) is 0 Å². The summed E-state index contributed by atoms with van der Waals surface area (Å²) in [5.41, 5.74) is 2.10. The van der Waals surface area contributed by atoms with E-state index in [1.54, 1.807) is 31.2 Å². The lowest BCUT2D eigenvalue weighted by Gasteiger charge is -2.10. The van der Waals surface area contributed by atoms with Crippen LogP contribution in [0.3, 0.4) is 0 Å². The second-order valence-electron chi connectivity index (χ2n) is 4.95. The molecule has 3 rings (SSSR count). The number of anilines is 1. The minimum absolute atomic E-state index is 0.169. The van der Waals surface area contributed by atoms with Crippen LogP contribution in [-0.2, 0) is 4.79 Å². The van der Waals surface area contributed by atoms with Crippen LogP contribution in [-0.4, -0.2) is 28.4 Å². The molecule has 23 heavy (non-hydrogen) atoms. The highest BCUT2D eigenvalue weighted by atomic mass is 16.4. The van der Waals surface area contributed by atoms with Gasteiger partial charge in [0, 0.05) is 0 Å². The molecule has 1 N–H and O–H groups in total. The van der Waals surface area contributed by atoms with E-state index in [2.05, 4.69) is 10.1 Å². The van der Waals surface area contributed by atoms with Crippen molar-refractivity contribution >= 4 is 34.7 Å². The Kier molecular flexibility index (Phi) is 3.72. The summed E-state index contributed by atoms with van der Waals surface area (Å²) in [6.45, 7) is 1.71. The van der Waals surface area contributed by atoms with Crippen LogP contribution in [0.1, 0.15) is 17.3 Å². The zero-order chi connectivity index (χ0) is 16.4. The van der Waals surface area contributed by atoms with Crippen molar-refractivity contribution in [1.82, 2.24) is 0 Å². The summed E-state index contributed by atoms with van der Waals surface area (Å²) >= 11 is 0. The lowest BCUT2D eigenvalue weighted by atomic mass is 10.2. The molecule has 2 aromatic carbocycles. The Morgan fingerprint density at radius 3 is 2.35 bits per heavy atom. The number of carboxylic acids is 1. The van der Waals surface area contributed by atoms with E-state index in [0.717, 1.165) is 0 Å². The van der Waals surface area contributed by atoms with E-state index in [0.29, 0.717) is 17.1 Å². The number of aliphatic imine (C=N–C) groups is 1. The Hall–Kier alpha value is -3.28. The summed E-state index contributed by atoms with van der Waals surface area (Å²) in [7, 11) is 0. The van der Waals surface area contributed by atoms with E-state index in [1.807, 2.05) is 18.2 Å². The first-order valence-electron chi connectivity index (χ1n) is 6.93. The van der Waals surface area contributed by atoms with Crippen molar-refractivity contribution in [2.24, 2.45) is 10.1 Å². The molecule has 114 valence electrons. The highest BCUT2D eigenvalue weighted by molar-refractivity contribution is 6.71. The maximum absolute atomic E-state index is 12.5. The van der Waals surface area contributed by atoms with Crippen LogP contribution in [0, 0.1) is 0 Å². The molecule has 0 atom stereocenters. The summed E-state index contributed by atoms with van der Waals surface area (Å²) in [5.74, 6) is -1.31. The summed E-state index contributed by atoms with van der Waals surface area (Å²) in [6.07, 6.45) is 0. The molecule has 0 spiro atoms. The topological polar surface area (TPSA) is 82.3 Å². The SMILES string of the molecule is CC1=NN(c2ccccc2)C(=O)C1=Nc1ccc(C(=O)O)cc1. The molecule has 0 saturated carbocycles. The van der Waals surface area contributed by atoms with Gasteiger partial charge in [-0.1, -0.05) is 18.2 Å². The fraction of sp³-hybridized carbons (Fsp3) is 0.0588. The Morgan fingerprint density at radius 2 is 1.74 bits per heavy atom. The van der Waals surface area contributed by atoms with Crippen LogP contribution >= 0.6 is 0 Å². The molecule has 0 bridgehead atoms. The smallest absolute Gasteiger partial charge is 0.335 e. The van der Waals surface area contributed by atoms with E-state index >= 15 is 0 Å². The van der Waals surface area contributed by atoms with Gasteiger partial charge in [-0.3, -0.25) is 4.79 Å². The number of carboxylic acid groups (broad SMARTS) is 1. The number of amides is 1. The fourth-order valence-electron chi connectivity index (χ4n) is 2.18. The molecule has 1 heterocycles. The highest BCUT2D eigenvalue weighted by Crippen LogP contribution is 2.21. The fourth-order valence-corrected chi connectivity index (χ4v) is 2.18. The minimum Gasteiger partial charge on any atom is -0.478 e. The molecule has 6 nitrogen and oxygen atoms in total. The molecular weight excluding hydrogens is 294 g/mol. The maximum Gasteiger partial charge on any atom is 0.335 e. The second kappa shape index (κ2) is 5.84. The maximum atomic E-state index is 12.5. The van der Waals surface area contributed by atoms with Crippen molar-refractivity contribution in [3.05, 3.63) is 60.2 Å². The number of para-hydroxylation sites is 1. The molecule has 0 radical (unpaired) electrons. The lowest BCUT2D eigenvalue weighted by Crippen LogP contribution is -2.27. The van der Waals surface area contributed by atoms with Crippen LogP contribution in [0.25, 0.3) is 0 Å². The molecule has 0 saturated heterocycles. The largest absolute Gasteiger partial charge is 0.478 e. The van der Waals surface area contributed by atoms with Gasteiger partial charge in [0.25, 0.3) is 5.91 Å². The van der Waals surface area contributed by atoms with Crippen molar-refractivity contribution in [2.75, 3.05) is 5.01 Å². The molecule has 1 amide bonds. The van der Waals surface area contributed by atoms with Crippen LogP contribution in [0.4, 0.5) is 11.4 Å². The van der Waals surface area contributed by atoms with Crippen molar-refractivity contribution in [2.45, 2.75) is 6.92 Å². The van der Waals surface area contributed by atoms with Gasteiger partial charge in [-0.05, 0) is 43.3 Å². The van der Waals surface area contributed by atoms with E-state index in [1.165, 1.54) is 17.1 Å². The Bertz CT molecular complexity index is 824. The van der Waals surface area contributed by atoms with Crippen LogP contribution < -0.4 is 5.01 Å². The zero-order valence-electron chi connectivity index (χ0n) is 12.3. The average Bonchev–Trinajstić information content (AvgIpc) is 2.84. The summed E-state index contributed by atoms with van der Waals surface area (Å²) in [6, 6.07) is 15.1. The first-order valence-corrected chi connectivity index (χ1v) is 6.93. The van der Waals surface area contributed by atoms with Gasteiger partial charge in [-0.25, -0.2) is 9.79 Å². The number of aromatic carboxylic acids is 1. The summed E-state index contributed by atoms with van der Waals surface area (Å²) in [4.78, 5) is 27.6. The van der Waals surface area contributed by atoms with Crippen molar-refractivity contribution in [1.29, 1.82) is 0 Å². The Morgan fingerprint density at radius 1 is 1.09 bits per heavy atom. The van der Waals surface area contributed by atoms with Crippen LogP contribution in [0.2, 0.25) is 0 Å². The zero-order valence-corrected chi connectivity index (χ0v) is 12.3. The first-order chi connectivity index (χ1) is 11.1. The normalized spacial score (nSPS) is 15.9. The number of hydrogen-bond donors (Lipinski definition) is 1. The molecule has 0 aliphatic carbocycles. The number of hydrazone groups is 1. The van der Waals surface area contributed by atoms with E-state index < -0.39 is 5.97 Å². The third-order valence-corrected chi connectivity index (χ3v) is 3.34. The predicted molar refractivity (Wildman–Crippen MR) is 87.5 cm³/mol. The first kappa shape index (κ1) is 14.6.